The number of halogens is 1. The van der Waals surface area contributed by atoms with Gasteiger partial charge in [-0.25, -0.2) is 0 Å². The number of nitrogens with zero attached hydrogens (tertiary/aromatic N) is 1. The Balaban J connectivity index is 2.17. The van der Waals surface area contributed by atoms with Crippen molar-refractivity contribution in [1.82, 2.24) is 4.90 Å². The molecular formula is C10H13BrN2OS. The zero-order valence-corrected chi connectivity index (χ0v) is 10.9. The van der Waals surface area contributed by atoms with E-state index < -0.39 is 0 Å². The highest BCUT2D eigenvalue weighted by molar-refractivity contribution is 9.11. The van der Waals surface area contributed by atoms with Gasteiger partial charge in [-0.3, -0.25) is 4.79 Å². The maximum absolute atomic E-state index is 12.1. The van der Waals surface area contributed by atoms with Crippen molar-refractivity contribution in [1.29, 1.82) is 0 Å². The molecule has 2 N–H and O–H groups in total. The van der Waals surface area contributed by atoms with Crippen molar-refractivity contribution in [3.05, 3.63) is 20.3 Å². The van der Waals surface area contributed by atoms with Crippen LogP contribution in [0.5, 0.6) is 0 Å². The van der Waals surface area contributed by atoms with Crippen molar-refractivity contribution in [2.45, 2.75) is 19.4 Å². The molecule has 1 aliphatic heterocycles. The monoisotopic (exact) mass is 288 g/mol. The average Bonchev–Trinajstić information content (AvgIpc) is 2.71. The van der Waals surface area contributed by atoms with Crippen LogP contribution in [-0.2, 0) is 0 Å². The molecule has 0 saturated carbocycles. The fraction of sp³-hybridized carbons (Fsp3) is 0.500. The van der Waals surface area contributed by atoms with E-state index >= 15 is 0 Å². The molecule has 5 heteroatoms. The molecule has 1 aromatic heterocycles. The predicted molar refractivity (Wildman–Crippen MR) is 65.3 cm³/mol. The maximum atomic E-state index is 12.1. The van der Waals surface area contributed by atoms with Gasteiger partial charge < -0.3 is 10.6 Å². The van der Waals surface area contributed by atoms with Crippen LogP contribution in [0.25, 0.3) is 0 Å². The molecule has 2 rings (SSSR count). The second-order valence-electron chi connectivity index (χ2n) is 3.84. The van der Waals surface area contributed by atoms with Gasteiger partial charge >= 0.3 is 0 Å². The standard InChI is InChI=1S/C10H13BrN2OS/c1-6-4-8(9(11)15-6)10(14)13-3-2-7(12)5-13/h4,7H,2-3,5,12H2,1H3/t7-/m1/s1. The Hall–Kier alpha value is -0.390. The second kappa shape index (κ2) is 4.23. The van der Waals surface area contributed by atoms with Crippen molar-refractivity contribution in [2.75, 3.05) is 13.1 Å². The number of thiophene rings is 1. The van der Waals surface area contributed by atoms with Gasteiger partial charge in [-0.05, 0) is 35.3 Å². The summed E-state index contributed by atoms with van der Waals surface area (Å²) < 4.78 is 0.922. The Morgan fingerprint density at radius 2 is 2.47 bits per heavy atom. The predicted octanol–water partition coefficient (Wildman–Crippen LogP) is 1.99. The summed E-state index contributed by atoms with van der Waals surface area (Å²) >= 11 is 5.01. The summed E-state index contributed by atoms with van der Waals surface area (Å²) in [5.74, 6) is 0.0965. The third-order valence-corrected chi connectivity index (χ3v) is 4.30. The third-order valence-electron chi connectivity index (χ3n) is 2.55. The van der Waals surface area contributed by atoms with Gasteiger partial charge in [0.05, 0.1) is 9.35 Å². The number of likely N-dealkylation sites (tertiary alicyclic amines) is 1. The number of aryl methyl sites for hydroxylation is 1. The minimum absolute atomic E-state index is 0.0965. The molecule has 0 aliphatic carbocycles. The molecule has 1 amide bonds. The van der Waals surface area contributed by atoms with Gasteiger partial charge in [0.1, 0.15) is 0 Å². The van der Waals surface area contributed by atoms with Crippen molar-refractivity contribution >= 4 is 33.2 Å². The molecule has 2 heterocycles. The summed E-state index contributed by atoms with van der Waals surface area (Å²) in [6.45, 7) is 3.46. The number of rotatable bonds is 1. The Morgan fingerprint density at radius 3 is 2.93 bits per heavy atom. The van der Waals surface area contributed by atoms with Gasteiger partial charge in [-0.15, -0.1) is 11.3 Å². The van der Waals surface area contributed by atoms with Gasteiger partial charge in [0.15, 0.2) is 0 Å². The molecule has 1 aromatic rings. The van der Waals surface area contributed by atoms with E-state index in [2.05, 4.69) is 15.9 Å². The van der Waals surface area contributed by atoms with Gasteiger partial charge in [0.25, 0.3) is 5.91 Å². The molecular weight excluding hydrogens is 276 g/mol. The van der Waals surface area contributed by atoms with Gasteiger partial charge in [-0.1, -0.05) is 0 Å². The van der Waals surface area contributed by atoms with E-state index in [4.69, 9.17) is 5.73 Å². The zero-order valence-electron chi connectivity index (χ0n) is 8.50. The highest BCUT2D eigenvalue weighted by atomic mass is 79.9. The van der Waals surface area contributed by atoms with E-state index in [-0.39, 0.29) is 11.9 Å². The summed E-state index contributed by atoms with van der Waals surface area (Å²) in [4.78, 5) is 15.1. The minimum Gasteiger partial charge on any atom is -0.337 e. The van der Waals surface area contributed by atoms with Crippen LogP contribution in [0.1, 0.15) is 21.7 Å². The topological polar surface area (TPSA) is 46.3 Å². The maximum Gasteiger partial charge on any atom is 0.255 e. The van der Waals surface area contributed by atoms with Crippen LogP contribution in [0, 0.1) is 6.92 Å². The number of hydrogen-bond donors (Lipinski definition) is 1. The van der Waals surface area contributed by atoms with Crippen LogP contribution < -0.4 is 5.73 Å². The van der Waals surface area contributed by atoms with Crippen LogP contribution in [-0.4, -0.2) is 29.9 Å². The summed E-state index contributed by atoms with van der Waals surface area (Å²) in [5.41, 5.74) is 6.55. The van der Waals surface area contributed by atoms with Gasteiger partial charge in [0.2, 0.25) is 0 Å². The minimum atomic E-state index is 0.0965. The number of hydrogen-bond acceptors (Lipinski definition) is 3. The number of carbonyl (C=O) groups excluding carboxylic acids is 1. The second-order valence-corrected chi connectivity index (χ2v) is 6.42. The van der Waals surface area contributed by atoms with Gasteiger partial charge in [0, 0.05) is 24.0 Å². The molecule has 0 aromatic carbocycles. The quantitative estimate of drug-likeness (QED) is 0.859. The van der Waals surface area contributed by atoms with Crippen LogP contribution in [0.2, 0.25) is 0 Å². The third kappa shape index (κ3) is 2.24. The lowest BCUT2D eigenvalue weighted by atomic mass is 10.3. The Kier molecular flexibility index (Phi) is 3.13. The molecule has 1 aliphatic rings. The molecule has 0 spiro atoms. The van der Waals surface area contributed by atoms with Crippen LogP contribution in [0.15, 0.2) is 9.85 Å². The Morgan fingerprint density at radius 1 is 1.73 bits per heavy atom. The first kappa shape index (κ1) is 11.1. The summed E-state index contributed by atoms with van der Waals surface area (Å²) in [6.07, 6.45) is 0.909. The highest BCUT2D eigenvalue weighted by Crippen LogP contribution is 2.29. The molecule has 3 nitrogen and oxygen atoms in total. The number of amides is 1. The summed E-state index contributed by atoms with van der Waals surface area (Å²) in [6, 6.07) is 2.08. The molecule has 15 heavy (non-hydrogen) atoms. The molecule has 1 atom stereocenters. The summed E-state index contributed by atoms with van der Waals surface area (Å²) in [7, 11) is 0. The normalized spacial score (nSPS) is 21.0. The molecule has 1 fully saturated rings. The zero-order chi connectivity index (χ0) is 11.0. The van der Waals surface area contributed by atoms with Crippen LogP contribution in [0.3, 0.4) is 0 Å². The SMILES string of the molecule is Cc1cc(C(=O)N2CC[C@@H](N)C2)c(Br)s1. The fourth-order valence-corrected chi connectivity index (χ4v) is 3.54. The van der Waals surface area contributed by atoms with E-state index in [0.29, 0.717) is 6.54 Å². The first-order chi connectivity index (χ1) is 7.08. The average molecular weight is 289 g/mol. The van der Waals surface area contributed by atoms with Gasteiger partial charge in [-0.2, -0.15) is 0 Å². The lowest BCUT2D eigenvalue weighted by Gasteiger charge is -2.14. The van der Waals surface area contributed by atoms with E-state index in [9.17, 15) is 4.79 Å². The Labute approximate surface area is 101 Å². The molecule has 0 radical (unpaired) electrons. The van der Waals surface area contributed by atoms with E-state index in [1.165, 1.54) is 0 Å². The van der Waals surface area contributed by atoms with E-state index in [1.807, 2.05) is 17.9 Å². The smallest absolute Gasteiger partial charge is 0.255 e. The van der Waals surface area contributed by atoms with Crippen molar-refractivity contribution < 1.29 is 4.79 Å². The highest BCUT2D eigenvalue weighted by Gasteiger charge is 2.26. The Bertz CT molecular complexity index is 391. The number of carbonyl (C=O) groups is 1. The first-order valence-electron chi connectivity index (χ1n) is 4.88. The van der Waals surface area contributed by atoms with E-state index in [0.717, 1.165) is 27.2 Å². The van der Waals surface area contributed by atoms with Crippen molar-refractivity contribution in [3.8, 4) is 0 Å². The molecule has 1 saturated heterocycles. The lowest BCUT2D eigenvalue weighted by molar-refractivity contribution is 0.0790. The lowest BCUT2D eigenvalue weighted by Crippen LogP contribution is -2.31. The molecule has 0 bridgehead atoms. The van der Waals surface area contributed by atoms with Crippen molar-refractivity contribution in [2.24, 2.45) is 5.73 Å². The molecule has 82 valence electrons. The summed E-state index contributed by atoms with van der Waals surface area (Å²) in [5, 5.41) is 0. The largest absolute Gasteiger partial charge is 0.337 e. The van der Waals surface area contributed by atoms with E-state index in [1.54, 1.807) is 11.3 Å². The van der Waals surface area contributed by atoms with Crippen LogP contribution in [0.4, 0.5) is 0 Å². The number of nitrogens with two attached hydrogens (primary N) is 1. The fourth-order valence-electron chi connectivity index (χ4n) is 1.77. The molecule has 0 unspecified atom stereocenters. The van der Waals surface area contributed by atoms with Crippen molar-refractivity contribution in [3.63, 3.8) is 0 Å². The first-order valence-corrected chi connectivity index (χ1v) is 6.49. The van der Waals surface area contributed by atoms with Crippen LogP contribution >= 0.6 is 27.3 Å².